The predicted octanol–water partition coefficient (Wildman–Crippen LogP) is 2.21. The lowest BCUT2D eigenvalue weighted by atomic mass is 10.1. The van der Waals surface area contributed by atoms with Gasteiger partial charge in [-0.1, -0.05) is 30.3 Å². The zero-order valence-corrected chi connectivity index (χ0v) is 14.3. The van der Waals surface area contributed by atoms with Gasteiger partial charge in [-0.3, -0.25) is 14.6 Å². The monoisotopic (exact) mass is 315 g/mol. The van der Waals surface area contributed by atoms with E-state index in [1.54, 1.807) is 0 Å². The average Bonchev–Trinajstić information content (AvgIpc) is 3.05. The van der Waals surface area contributed by atoms with Gasteiger partial charge in [-0.2, -0.15) is 0 Å². The van der Waals surface area contributed by atoms with Gasteiger partial charge in [-0.25, -0.2) is 0 Å². The summed E-state index contributed by atoms with van der Waals surface area (Å²) in [5.41, 5.74) is 1.36. The molecule has 2 saturated heterocycles. The summed E-state index contributed by atoms with van der Waals surface area (Å²) in [5, 5.41) is 0. The van der Waals surface area contributed by atoms with Crippen LogP contribution < -0.4 is 0 Å². The van der Waals surface area contributed by atoms with Gasteiger partial charge in [0.2, 0.25) is 5.91 Å². The fraction of sp³-hybridized carbons (Fsp3) is 0.632. The van der Waals surface area contributed by atoms with Crippen molar-refractivity contribution < 1.29 is 4.79 Å². The molecule has 3 rings (SSSR count). The average molecular weight is 315 g/mol. The number of benzene rings is 1. The molecule has 0 aromatic heterocycles. The molecule has 2 aliphatic heterocycles. The van der Waals surface area contributed by atoms with Crippen molar-refractivity contribution in [2.75, 3.05) is 39.8 Å². The standard InChI is InChI=1S/C19H29N3O/c1-20(14-17-8-4-2-5-9-17)18-10-13-21(15-18)16-19(23)22-11-6-3-7-12-22/h2,4-5,8-9,18H,3,6-7,10-16H2,1H3. The van der Waals surface area contributed by atoms with Crippen LogP contribution in [0, 0.1) is 0 Å². The Kier molecular flexibility index (Phi) is 5.68. The lowest BCUT2D eigenvalue weighted by Gasteiger charge is -2.29. The molecule has 0 radical (unpaired) electrons. The quantitative estimate of drug-likeness (QED) is 0.833. The fourth-order valence-corrected chi connectivity index (χ4v) is 3.75. The Bertz CT molecular complexity index is 499. The van der Waals surface area contributed by atoms with E-state index < -0.39 is 0 Å². The van der Waals surface area contributed by atoms with Crippen molar-refractivity contribution in [3.63, 3.8) is 0 Å². The number of rotatable bonds is 5. The molecular weight excluding hydrogens is 286 g/mol. The van der Waals surface area contributed by atoms with Gasteiger partial charge in [-0.05, 0) is 38.3 Å². The number of amides is 1. The Morgan fingerprint density at radius 1 is 1.13 bits per heavy atom. The summed E-state index contributed by atoms with van der Waals surface area (Å²) in [6.07, 6.45) is 4.79. The van der Waals surface area contributed by atoms with Crippen LogP contribution in [0.5, 0.6) is 0 Å². The minimum absolute atomic E-state index is 0.330. The molecule has 4 heteroatoms. The molecule has 1 atom stereocenters. The maximum atomic E-state index is 12.4. The molecule has 2 heterocycles. The molecule has 4 nitrogen and oxygen atoms in total. The first-order valence-electron chi connectivity index (χ1n) is 8.96. The summed E-state index contributed by atoms with van der Waals surface area (Å²) < 4.78 is 0. The summed E-state index contributed by atoms with van der Waals surface area (Å²) in [5.74, 6) is 0.330. The molecule has 0 N–H and O–H groups in total. The highest BCUT2D eigenvalue weighted by Gasteiger charge is 2.28. The second-order valence-corrected chi connectivity index (χ2v) is 7.02. The molecule has 2 fully saturated rings. The van der Waals surface area contributed by atoms with Gasteiger partial charge in [0.05, 0.1) is 6.54 Å². The minimum Gasteiger partial charge on any atom is -0.342 e. The Morgan fingerprint density at radius 2 is 1.87 bits per heavy atom. The van der Waals surface area contributed by atoms with Crippen molar-refractivity contribution in [3.8, 4) is 0 Å². The van der Waals surface area contributed by atoms with E-state index >= 15 is 0 Å². The number of likely N-dealkylation sites (N-methyl/N-ethyl adjacent to an activating group) is 1. The predicted molar refractivity (Wildman–Crippen MR) is 93.2 cm³/mol. The van der Waals surface area contributed by atoms with Crippen LogP contribution in [-0.4, -0.2) is 66.4 Å². The Balaban J connectivity index is 1.45. The molecule has 0 saturated carbocycles. The van der Waals surface area contributed by atoms with Gasteiger partial charge in [0.1, 0.15) is 0 Å². The third-order valence-corrected chi connectivity index (χ3v) is 5.21. The molecule has 0 aliphatic carbocycles. The van der Waals surface area contributed by atoms with Crippen molar-refractivity contribution in [1.29, 1.82) is 0 Å². The molecule has 1 amide bonds. The fourth-order valence-electron chi connectivity index (χ4n) is 3.75. The van der Waals surface area contributed by atoms with Crippen LogP contribution in [0.2, 0.25) is 0 Å². The van der Waals surface area contributed by atoms with E-state index in [0.29, 0.717) is 18.5 Å². The molecule has 1 unspecified atom stereocenters. The molecule has 1 aromatic rings. The Labute approximate surface area is 140 Å². The molecular formula is C19H29N3O. The maximum absolute atomic E-state index is 12.4. The van der Waals surface area contributed by atoms with Crippen LogP contribution in [0.1, 0.15) is 31.2 Å². The van der Waals surface area contributed by atoms with Crippen LogP contribution in [0.15, 0.2) is 30.3 Å². The van der Waals surface area contributed by atoms with E-state index in [4.69, 9.17) is 0 Å². The van der Waals surface area contributed by atoms with Crippen LogP contribution in [0.25, 0.3) is 0 Å². The minimum atomic E-state index is 0.330. The summed E-state index contributed by atoms with van der Waals surface area (Å²) >= 11 is 0. The van der Waals surface area contributed by atoms with Crippen molar-refractivity contribution in [2.45, 2.75) is 38.3 Å². The van der Waals surface area contributed by atoms with Gasteiger partial charge < -0.3 is 4.90 Å². The molecule has 0 spiro atoms. The zero-order chi connectivity index (χ0) is 16.1. The highest BCUT2D eigenvalue weighted by Crippen LogP contribution is 2.17. The molecule has 2 aliphatic rings. The number of carbonyl (C=O) groups excluding carboxylic acids is 1. The van der Waals surface area contributed by atoms with Crippen molar-refractivity contribution in [3.05, 3.63) is 35.9 Å². The second kappa shape index (κ2) is 7.93. The van der Waals surface area contributed by atoms with E-state index in [0.717, 1.165) is 39.1 Å². The number of likely N-dealkylation sites (tertiary alicyclic amines) is 2. The second-order valence-electron chi connectivity index (χ2n) is 7.02. The highest BCUT2D eigenvalue weighted by molar-refractivity contribution is 5.78. The van der Waals surface area contributed by atoms with Crippen molar-refractivity contribution >= 4 is 5.91 Å². The van der Waals surface area contributed by atoms with Gasteiger partial charge in [0.25, 0.3) is 0 Å². The van der Waals surface area contributed by atoms with Gasteiger partial charge >= 0.3 is 0 Å². The third kappa shape index (κ3) is 4.55. The first kappa shape index (κ1) is 16.5. The number of piperidine rings is 1. The largest absolute Gasteiger partial charge is 0.342 e. The molecule has 126 valence electrons. The SMILES string of the molecule is CN(Cc1ccccc1)C1CCN(CC(=O)N2CCCCC2)C1. The number of hydrogen-bond donors (Lipinski definition) is 0. The number of carbonyl (C=O) groups is 1. The maximum Gasteiger partial charge on any atom is 0.236 e. The molecule has 0 bridgehead atoms. The lowest BCUT2D eigenvalue weighted by molar-refractivity contribution is -0.133. The van der Waals surface area contributed by atoms with E-state index in [1.165, 1.54) is 24.8 Å². The summed E-state index contributed by atoms with van der Waals surface area (Å²) in [6, 6.07) is 11.2. The first-order chi connectivity index (χ1) is 11.2. The lowest BCUT2D eigenvalue weighted by Crippen LogP contribution is -2.43. The summed E-state index contributed by atoms with van der Waals surface area (Å²) in [4.78, 5) is 19.2. The van der Waals surface area contributed by atoms with Crippen LogP contribution in [-0.2, 0) is 11.3 Å². The highest BCUT2D eigenvalue weighted by atomic mass is 16.2. The van der Waals surface area contributed by atoms with Gasteiger partial charge in [-0.15, -0.1) is 0 Å². The molecule has 23 heavy (non-hydrogen) atoms. The van der Waals surface area contributed by atoms with Crippen LogP contribution >= 0.6 is 0 Å². The van der Waals surface area contributed by atoms with Gasteiger partial charge in [0.15, 0.2) is 0 Å². The van der Waals surface area contributed by atoms with Crippen molar-refractivity contribution in [2.24, 2.45) is 0 Å². The third-order valence-electron chi connectivity index (χ3n) is 5.21. The van der Waals surface area contributed by atoms with Gasteiger partial charge in [0, 0.05) is 38.8 Å². The summed E-state index contributed by atoms with van der Waals surface area (Å²) in [6.45, 7) is 5.58. The van der Waals surface area contributed by atoms with E-state index in [1.807, 2.05) is 0 Å². The Hall–Kier alpha value is -1.39. The number of nitrogens with zero attached hydrogens (tertiary/aromatic N) is 3. The van der Waals surface area contributed by atoms with Crippen LogP contribution in [0.3, 0.4) is 0 Å². The Morgan fingerprint density at radius 3 is 2.61 bits per heavy atom. The summed E-state index contributed by atoms with van der Waals surface area (Å²) in [7, 11) is 2.20. The smallest absolute Gasteiger partial charge is 0.236 e. The van der Waals surface area contributed by atoms with Crippen LogP contribution in [0.4, 0.5) is 0 Å². The van der Waals surface area contributed by atoms with E-state index in [2.05, 4.69) is 52.1 Å². The normalized spacial score (nSPS) is 22.7. The first-order valence-corrected chi connectivity index (χ1v) is 8.96. The number of hydrogen-bond acceptors (Lipinski definition) is 3. The molecule has 1 aromatic carbocycles. The van der Waals surface area contributed by atoms with Crippen molar-refractivity contribution in [1.82, 2.24) is 14.7 Å². The topological polar surface area (TPSA) is 26.8 Å². The zero-order valence-electron chi connectivity index (χ0n) is 14.3. The van der Waals surface area contributed by atoms with E-state index in [-0.39, 0.29) is 0 Å². The van der Waals surface area contributed by atoms with E-state index in [9.17, 15) is 4.79 Å².